The van der Waals surface area contributed by atoms with Crippen LogP contribution in [-0.2, 0) is 4.79 Å². The van der Waals surface area contributed by atoms with Crippen molar-refractivity contribution in [3.05, 3.63) is 16.7 Å². The van der Waals surface area contributed by atoms with Crippen molar-refractivity contribution >= 4 is 22.4 Å². The smallest absolute Gasteiger partial charge is 0.227 e. The summed E-state index contributed by atoms with van der Waals surface area (Å²) < 4.78 is 0. The maximum Gasteiger partial charge on any atom is 0.227 e. The molecule has 4 rings (SSSR count). The molecule has 2 aromatic rings. The van der Waals surface area contributed by atoms with Gasteiger partial charge in [-0.15, -0.1) is 10.2 Å². The van der Waals surface area contributed by atoms with Crippen LogP contribution in [0.2, 0.25) is 0 Å². The molecule has 2 fully saturated rings. The standard InChI is InChI=1S/C16H23N7OS/c1-10-17-14(20-19-10)12-3-2-7-23(9-12)8-6-13(24)18-16-22-21-15(25-16)11-4-5-11/h11-12H,2-9H2,1H3,(H,17,19,20)(H,18,22,24). The minimum absolute atomic E-state index is 0.00867. The van der Waals surface area contributed by atoms with Gasteiger partial charge in [0.05, 0.1) is 0 Å². The minimum Gasteiger partial charge on any atom is -0.302 e. The molecule has 1 saturated carbocycles. The van der Waals surface area contributed by atoms with E-state index in [0.717, 1.165) is 49.1 Å². The van der Waals surface area contributed by atoms with Crippen LogP contribution in [-0.4, -0.2) is 55.8 Å². The zero-order valence-electron chi connectivity index (χ0n) is 14.4. The van der Waals surface area contributed by atoms with Crippen molar-refractivity contribution in [3.63, 3.8) is 0 Å². The van der Waals surface area contributed by atoms with Gasteiger partial charge in [-0.2, -0.15) is 5.10 Å². The van der Waals surface area contributed by atoms with Crippen LogP contribution in [0.1, 0.15) is 60.6 Å². The molecule has 0 bridgehead atoms. The number of carbonyl (C=O) groups is 1. The lowest BCUT2D eigenvalue weighted by Crippen LogP contribution is -2.36. The summed E-state index contributed by atoms with van der Waals surface area (Å²) in [6.07, 6.45) is 5.08. The molecule has 1 atom stereocenters. The Morgan fingerprint density at radius 2 is 2.20 bits per heavy atom. The third-order valence-corrected chi connectivity index (χ3v) is 5.76. The van der Waals surface area contributed by atoms with Gasteiger partial charge >= 0.3 is 0 Å². The molecule has 134 valence electrons. The average Bonchev–Trinajstić information content (AvgIpc) is 3.21. The van der Waals surface area contributed by atoms with E-state index in [1.165, 1.54) is 24.2 Å². The second kappa shape index (κ2) is 7.17. The van der Waals surface area contributed by atoms with Crippen LogP contribution in [0.3, 0.4) is 0 Å². The fourth-order valence-electron chi connectivity index (χ4n) is 3.23. The van der Waals surface area contributed by atoms with Crippen molar-refractivity contribution in [2.24, 2.45) is 0 Å². The van der Waals surface area contributed by atoms with Gasteiger partial charge < -0.3 is 10.2 Å². The molecule has 1 aliphatic heterocycles. The first-order chi connectivity index (χ1) is 12.2. The Hall–Kier alpha value is -1.87. The van der Waals surface area contributed by atoms with Crippen LogP contribution in [0.5, 0.6) is 0 Å². The van der Waals surface area contributed by atoms with Crippen molar-refractivity contribution in [3.8, 4) is 0 Å². The molecule has 8 nitrogen and oxygen atoms in total. The molecule has 2 N–H and O–H groups in total. The first-order valence-electron chi connectivity index (χ1n) is 8.92. The van der Waals surface area contributed by atoms with Crippen molar-refractivity contribution in [2.45, 2.75) is 50.9 Å². The van der Waals surface area contributed by atoms with Gasteiger partial charge in [0.15, 0.2) is 5.82 Å². The van der Waals surface area contributed by atoms with Crippen LogP contribution < -0.4 is 5.32 Å². The van der Waals surface area contributed by atoms with E-state index < -0.39 is 0 Å². The molecule has 2 aliphatic rings. The van der Waals surface area contributed by atoms with E-state index in [2.05, 4.69) is 35.6 Å². The Bertz CT molecular complexity index is 738. The zero-order valence-corrected chi connectivity index (χ0v) is 15.2. The topological polar surface area (TPSA) is 99.7 Å². The molecule has 3 heterocycles. The Labute approximate surface area is 150 Å². The number of anilines is 1. The van der Waals surface area contributed by atoms with E-state index in [1.807, 2.05) is 6.92 Å². The van der Waals surface area contributed by atoms with Crippen LogP contribution in [0.15, 0.2) is 0 Å². The highest BCUT2D eigenvalue weighted by molar-refractivity contribution is 7.15. The fourth-order valence-corrected chi connectivity index (χ4v) is 4.16. The highest BCUT2D eigenvalue weighted by atomic mass is 32.1. The van der Waals surface area contributed by atoms with Crippen molar-refractivity contribution < 1.29 is 4.79 Å². The lowest BCUT2D eigenvalue weighted by Gasteiger charge is -2.31. The SMILES string of the molecule is Cc1nc(C2CCCN(CCC(=O)Nc3nnc(C4CC4)s3)C2)n[nH]1. The number of carbonyl (C=O) groups excluding carboxylic acids is 1. The van der Waals surface area contributed by atoms with E-state index in [4.69, 9.17) is 0 Å². The molecule has 2 aromatic heterocycles. The normalized spacial score (nSPS) is 21.4. The molecule has 0 radical (unpaired) electrons. The van der Waals surface area contributed by atoms with Crippen molar-refractivity contribution in [2.75, 3.05) is 25.0 Å². The number of H-pyrrole nitrogens is 1. The highest BCUT2D eigenvalue weighted by Gasteiger charge is 2.28. The molecular weight excluding hydrogens is 338 g/mol. The van der Waals surface area contributed by atoms with Gasteiger partial charge in [-0.05, 0) is 39.2 Å². The first-order valence-corrected chi connectivity index (χ1v) is 9.73. The summed E-state index contributed by atoms with van der Waals surface area (Å²) in [7, 11) is 0. The van der Waals surface area contributed by atoms with Gasteiger partial charge in [-0.25, -0.2) is 4.98 Å². The summed E-state index contributed by atoms with van der Waals surface area (Å²) in [5, 5.41) is 20.0. The van der Waals surface area contributed by atoms with Gasteiger partial charge in [0.2, 0.25) is 11.0 Å². The van der Waals surface area contributed by atoms with Crippen molar-refractivity contribution in [1.29, 1.82) is 0 Å². The number of aryl methyl sites for hydroxylation is 1. The number of rotatable bonds is 6. The third-order valence-electron chi connectivity index (χ3n) is 4.75. The number of nitrogens with one attached hydrogen (secondary N) is 2. The van der Waals surface area contributed by atoms with E-state index in [-0.39, 0.29) is 5.91 Å². The summed E-state index contributed by atoms with van der Waals surface area (Å²) in [6, 6.07) is 0. The molecular formula is C16H23N7OS. The maximum atomic E-state index is 12.2. The second-order valence-corrected chi connectivity index (χ2v) is 7.95. The monoisotopic (exact) mass is 361 g/mol. The predicted octanol–water partition coefficient (Wildman–Crippen LogP) is 2.05. The number of hydrogen-bond acceptors (Lipinski definition) is 7. The predicted molar refractivity (Wildman–Crippen MR) is 94.7 cm³/mol. The summed E-state index contributed by atoms with van der Waals surface area (Å²) in [5.74, 6) is 2.69. The number of aromatic amines is 1. The van der Waals surface area contributed by atoms with E-state index in [9.17, 15) is 4.79 Å². The third kappa shape index (κ3) is 4.21. The van der Waals surface area contributed by atoms with Gasteiger partial charge in [0.25, 0.3) is 0 Å². The molecule has 0 spiro atoms. The quantitative estimate of drug-likeness (QED) is 0.817. The number of likely N-dealkylation sites (tertiary alicyclic amines) is 1. The highest BCUT2D eigenvalue weighted by Crippen LogP contribution is 2.42. The molecule has 1 amide bonds. The average molecular weight is 361 g/mol. The number of piperidine rings is 1. The zero-order chi connectivity index (χ0) is 17.2. The number of nitrogens with zero attached hydrogens (tertiary/aromatic N) is 5. The number of hydrogen-bond donors (Lipinski definition) is 2. The number of aromatic nitrogens is 5. The lowest BCUT2D eigenvalue weighted by atomic mass is 9.97. The van der Waals surface area contributed by atoms with Crippen molar-refractivity contribution in [1.82, 2.24) is 30.3 Å². The maximum absolute atomic E-state index is 12.2. The summed E-state index contributed by atoms with van der Waals surface area (Å²) >= 11 is 1.51. The van der Waals surface area contributed by atoms with Crippen LogP contribution in [0, 0.1) is 6.92 Å². The molecule has 25 heavy (non-hydrogen) atoms. The second-order valence-electron chi connectivity index (χ2n) is 6.94. The minimum atomic E-state index is 0.00867. The Balaban J connectivity index is 1.24. The van der Waals surface area contributed by atoms with E-state index in [1.54, 1.807) is 0 Å². The molecule has 0 aromatic carbocycles. The summed E-state index contributed by atoms with van der Waals surface area (Å²) in [6.45, 7) is 4.61. The number of amides is 1. The molecule has 1 saturated heterocycles. The van der Waals surface area contributed by atoms with Gasteiger partial charge in [-0.3, -0.25) is 9.89 Å². The van der Waals surface area contributed by atoms with E-state index >= 15 is 0 Å². The molecule has 1 unspecified atom stereocenters. The Morgan fingerprint density at radius 3 is 2.96 bits per heavy atom. The first kappa shape index (κ1) is 16.6. The van der Waals surface area contributed by atoms with Crippen LogP contribution in [0.4, 0.5) is 5.13 Å². The summed E-state index contributed by atoms with van der Waals surface area (Å²) in [5.41, 5.74) is 0. The van der Waals surface area contributed by atoms with Crippen LogP contribution >= 0.6 is 11.3 Å². The fraction of sp³-hybridized carbons (Fsp3) is 0.688. The van der Waals surface area contributed by atoms with Crippen LogP contribution in [0.25, 0.3) is 0 Å². The summed E-state index contributed by atoms with van der Waals surface area (Å²) in [4.78, 5) is 19.0. The largest absolute Gasteiger partial charge is 0.302 e. The van der Waals surface area contributed by atoms with Gasteiger partial charge in [-0.1, -0.05) is 11.3 Å². The van der Waals surface area contributed by atoms with Gasteiger partial charge in [0, 0.05) is 31.3 Å². The van der Waals surface area contributed by atoms with Gasteiger partial charge in [0.1, 0.15) is 10.8 Å². The molecule has 9 heteroatoms. The Morgan fingerprint density at radius 1 is 1.32 bits per heavy atom. The lowest BCUT2D eigenvalue weighted by molar-refractivity contribution is -0.116. The molecule has 1 aliphatic carbocycles. The Kier molecular flexibility index (Phi) is 4.76. The van der Waals surface area contributed by atoms with E-state index in [0.29, 0.717) is 23.4 Å².